The van der Waals surface area contributed by atoms with Crippen LogP contribution in [0.3, 0.4) is 0 Å². The van der Waals surface area contributed by atoms with E-state index in [4.69, 9.17) is 16.6 Å². The first-order chi connectivity index (χ1) is 13.3. The fourth-order valence-corrected chi connectivity index (χ4v) is 4.91. The zero-order valence-corrected chi connectivity index (χ0v) is 17.4. The van der Waals surface area contributed by atoms with E-state index in [1.165, 1.54) is 33.4 Å². The van der Waals surface area contributed by atoms with Crippen molar-refractivity contribution < 1.29 is 0 Å². The summed E-state index contributed by atoms with van der Waals surface area (Å²) in [5, 5.41) is 1.77. The normalized spacial score (nSPS) is 14.2. The predicted octanol–water partition coefficient (Wildman–Crippen LogP) is 7.48. The molecule has 0 unspecified atom stereocenters. The van der Waals surface area contributed by atoms with Crippen LogP contribution in [-0.2, 0) is 5.41 Å². The molecular formula is C26H22ClN. The molecule has 0 amide bonds. The molecule has 0 bridgehead atoms. The van der Waals surface area contributed by atoms with Gasteiger partial charge in [0.2, 0.25) is 0 Å². The molecule has 1 nitrogen and oxygen atoms in total. The molecule has 0 aliphatic heterocycles. The minimum absolute atomic E-state index is 0.0375. The quantitative estimate of drug-likeness (QED) is 0.332. The molecule has 1 heterocycles. The largest absolute Gasteiger partial charge is 0.248 e. The summed E-state index contributed by atoms with van der Waals surface area (Å²) in [6, 6.07) is 21.6. The summed E-state index contributed by atoms with van der Waals surface area (Å²) in [5.41, 5.74) is 10.7. The van der Waals surface area contributed by atoms with E-state index in [0.717, 1.165) is 27.2 Å². The minimum atomic E-state index is -0.0375. The van der Waals surface area contributed by atoms with Gasteiger partial charge in [-0.2, -0.15) is 0 Å². The van der Waals surface area contributed by atoms with E-state index >= 15 is 0 Å². The molecule has 4 aromatic rings. The van der Waals surface area contributed by atoms with Crippen molar-refractivity contribution in [2.45, 2.75) is 33.1 Å². The molecule has 0 atom stereocenters. The standard InChI is InChI=1S/C26H22ClN/c1-15-9-16(2)11-17(10-15)24-14-23(27)20-12-19-18-7-5-6-8-21(18)26(3,4)22(19)13-25(20)28-24/h5-14H,1-4H3. The molecule has 0 saturated carbocycles. The number of rotatable bonds is 1. The van der Waals surface area contributed by atoms with E-state index in [1.54, 1.807) is 0 Å². The number of fused-ring (bicyclic) bond motifs is 4. The third-order valence-corrected chi connectivity index (χ3v) is 6.29. The van der Waals surface area contributed by atoms with Crippen molar-refractivity contribution in [1.82, 2.24) is 4.98 Å². The van der Waals surface area contributed by atoms with Crippen molar-refractivity contribution in [1.29, 1.82) is 0 Å². The lowest BCUT2D eigenvalue weighted by molar-refractivity contribution is 0.661. The Kier molecular flexibility index (Phi) is 3.70. The van der Waals surface area contributed by atoms with Crippen LogP contribution in [0.25, 0.3) is 33.3 Å². The second kappa shape index (κ2) is 5.93. The predicted molar refractivity (Wildman–Crippen MR) is 119 cm³/mol. The van der Waals surface area contributed by atoms with Crippen LogP contribution in [0, 0.1) is 13.8 Å². The Morgan fingerprint density at radius 1 is 0.786 bits per heavy atom. The molecule has 28 heavy (non-hydrogen) atoms. The number of pyridine rings is 1. The maximum Gasteiger partial charge on any atom is 0.0728 e. The lowest BCUT2D eigenvalue weighted by Crippen LogP contribution is -2.14. The van der Waals surface area contributed by atoms with Crippen molar-refractivity contribution in [3.8, 4) is 22.4 Å². The van der Waals surface area contributed by atoms with Gasteiger partial charge in [0.15, 0.2) is 0 Å². The number of aromatic nitrogens is 1. The first-order valence-corrected chi connectivity index (χ1v) is 10.1. The van der Waals surface area contributed by atoms with Crippen LogP contribution in [0.2, 0.25) is 5.02 Å². The molecule has 1 aliphatic carbocycles. The summed E-state index contributed by atoms with van der Waals surface area (Å²) < 4.78 is 0. The molecule has 1 aromatic heterocycles. The van der Waals surface area contributed by atoms with E-state index in [2.05, 4.69) is 82.3 Å². The third-order valence-electron chi connectivity index (χ3n) is 5.98. The zero-order chi connectivity index (χ0) is 19.6. The molecule has 0 spiro atoms. The van der Waals surface area contributed by atoms with Crippen molar-refractivity contribution in [3.63, 3.8) is 0 Å². The fraction of sp³-hybridized carbons (Fsp3) is 0.192. The van der Waals surface area contributed by atoms with Gasteiger partial charge in [0, 0.05) is 16.4 Å². The molecule has 5 rings (SSSR count). The highest BCUT2D eigenvalue weighted by Crippen LogP contribution is 2.50. The molecule has 3 aromatic carbocycles. The molecule has 1 aliphatic rings. The van der Waals surface area contributed by atoms with Crippen molar-refractivity contribution in [3.05, 3.63) is 87.9 Å². The van der Waals surface area contributed by atoms with Gasteiger partial charge in [-0.1, -0.05) is 66.9 Å². The van der Waals surface area contributed by atoms with Gasteiger partial charge in [-0.25, -0.2) is 4.98 Å². The Morgan fingerprint density at radius 2 is 1.50 bits per heavy atom. The Hall–Kier alpha value is -2.64. The van der Waals surface area contributed by atoms with E-state index in [1.807, 2.05) is 6.07 Å². The van der Waals surface area contributed by atoms with Crippen molar-refractivity contribution >= 4 is 22.5 Å². The van der Waals surface area contributed by atoms with Gasteiger partial charge >= 0.3 is 0 Å². The second-order valence-corrected chi connectivity index (χ2v) is 8.86. The van der Waals surface area contributed by atoms with Crippen molar-refractivity contribution in [2.24, 2.45) is 0 Å². The fourth-order valence-electron chi connectivity index (χ4n) is 4.65. The summed E-state index contributed by atoms with van der Waals surface area (Å²) in [6.07, 6.45) is 0. The smallest absolute Gasteiger partial charge is 0.0728 e. The van der Waals surface area contributed by atoms with E-state index in [9.17, 15) is 0 Å². The monoisotopic (exact) mass is 383 g/mol. The lowest BCUT2D eigenvalue weighted by atomic mass is 9.82. The van der Waals surface area contributed by atoms with Gasteiger partial charge in [-0.05, 0) is 66.4 Å². The van der Waals surface area contributed by atoms with Crippen LogP contribution >= 0.6 is 11.6 Å². The van der Waals surface area contributed by atoms with Crippen LogP contribution in [0.5, 0.6) is 0 Å². The van der Waals surface area contributed by atoms with Gasteiger partial charge in [0.1, 0.15) is 0 Å². The zero-order valence-electron chi connectivity index (χ0n) is 16.6. The minimum Gasteiger partial charge on any atom is -0.248 e. The van der Waals surface area contributed by atoms with Crippen molar-refractivity contribution in [2.75, 3.05) is 0 Å². The Morgan fingerprint density at radius 3 is 2.25 bits per heavy atom. The molecule has 0 N–H and O–H groups in total. The summed E-state index contributed by atoms with van der Waals surface area (Å²) in [5.74, 6) is 0. The van der Waals surface area contributed by atoms with Gasteiger partial charge in [0.05, 0.1) is 16.2 Å². The van der Waals surface area contributed by atoms with Crippen LogP contribution < -0.4 is 0 Å². The molecule has 2 heteroatoms. The van der Waals surface area contributed by atoms with Gasteiger partial charge in [0.25, 0.3) is 0 Å². The number of aryl methyl sites for hydroxylation is 2. The average Bonchev–Trinajstić information content (AvgIpc) is 2.87. The first kappa shape index (κ1) is 17.5. The Bertz CT molecular complexity index is 1250. The summed E-state index contributed by atoms with van der Waals surface area (Å²) >= 11 is 6.75. The van der Waals surface area contributed by atoms with Gasteiger partial charge < -0.3 is 0 Å². The van der Waals surface area contributed by atoms with Crippen LogP contribution in [-0.4, -0.2) is 4.98 Å². The maximum absolute atomic E-state index is 6.75. The van der Waals surface area contributed by atoms with Crippen LogP contribution in [0.4, 0.5) is 0 Å². The molecule has 0 fully saturated rings. The first-order valence-electron chi connectivity index (χ1n) is 9.68. The molecular weight excluding hydrogens is 362 g/mol. The summed E-state index contributed by atoms with van der Waals surface area (Å²) in [4.78, 5) is 5.01. The number of halogens is 1. The SMILES string of the molecule is Cc1cc(C)cc(-c2cc(Cl)c3cc4c(cc3n2)C(C)(C)c2ccccc2-4)c1. The highest BCUT2D eigenvalue weighted by molar-refractivity contribution is 6.35. The topological polar surface area (TPSA) is 12.9 Å². The maximum atomic E-state index is 6.75. The number of benzene rings is 3. The average molecular weight is 384 g/mol. The Balaban J connectivity index is 1.78. The Labute approximate surface area is 171 Å². The highest BCUT2D eigenvalue weighted by Gasteiger charge is 2.35. The lowest BCUT2D eigenvalue weighted by Gasteiger charge is -2.21. The van der Waals surface area contributed by atoms with Crippen LogP contribution in [0.15, 0.2) is 60.7 Å². The summed E-state index contributed by atoms with van der Waals surface area (Å²) in [6.45, 7) is 8.81. The molecule has 138 valence electrons. The summed E-state index contributed by atoms with van der Waals surface area (Å²) in [7, 11) is 0. The number of hydrogen-bond donors (Lipinski definition) is 0. The van der Waals surface area contributed by atoms with Gasteiger partial charge in [-0.15, -0.1) is 0 Å². The van der Waals surface area contributed by atoms with Crippen LogP contribution in [0.1, 0.15) is 36.1 Å². The third kappa shape index (κ3) is 2.50. The number of hydrogen-bond acceptors (Lipinski definition) is 1. The van der Waals surface area contributed by atoms with Gasteiger partial charge in [-0.3, -0.25) is 0 Å². The second-order valence-electron chi connectivity index (χ2n) is 8.45. The van der Waals surface area contributed by atoms with E-state index < -0.39 is 0 Å². The van der Waals surface area contributed by atoms with E-state index in [0.29, 0.717) is 0 Å². The highest BCUT2D eigenvalue weighted by atomic mass is 35.5. The number of nitrogens with zero attached hydrogens (tertiary/aromatic N) is 1. The molecule has 0 radical (unpaired) electrons. The van der Waals surface area contributed by atoms with E-state index in [-0.39, 0.29) is 5.41 Å². The molecule has 0 saturated heterocycles.